The summed E-state index contributed by atoms with van der Waals surface area (Å²) in [5.41, 5.74) is 0.130. The van der Waals surface area contributed by atoms with Gasteiger partial charge in [-0.1, -0.05) is 11.6 Å². The topological polar surface area (TPSA) is 73.6 Å². The predicted molar refractivity (Wildman–Crippen MR) is 73.7 cm³/mol. The van der Waals surface area contributed by atoms with Crippen molar-refractivity contribution in [3.05, 3.63) is 28.7 Å². The quantitative estimate of drug-likeness (QED) is 0.939. The Morgan fingerprint density at radius 1 is 1.38 bits per heavy atom. The van der Waals surface area contributed by atoms with Crippen LogP contribution in [0.25, 0.3) is 11.3 Å². The fraction of sp³-hybridized carbons (Fsp3) is 0.231. The molecule has 1 heterocycles. The van der Waals surface area contributed by atoms with Crippen LogP contribution in [0, 0.1) is 5.82 Å². The fourth-order valence-electron chi connectivity index (χ4n) is 1.94. The Bertz CT molecular complexity index is 715. The first-order valence-corrected chi connectivity index (χ1v) is 6.16. The Morgan fingerprint density at radius 2 is 2.05 bits per heavy atom. The van der Waals surface area contributed by atoms with Gasteiger partial charge in [-0.25, -0.2) is 9.18 Å². The van der Waals surface area contributed by atoms with E-state index in [1.54, 1.807) is 0 Å². The lowest BCUT2D eigenvalue weighted by molar-refractivity contribution is 0.0689. The van der Waals surface area contributed by atoms with E-state index in [9.17, 15) is 9.18 Å². The lowest BCUT2D eigenvalue weighted by Crippen LogP contribution is -2.00. The Kier molecular flexibility index (Phi) is 4.04. The molecule has 0 aliphatic heterocycles. The SMILES string of the molecule is COc1cc(-c2cc(C(=O)O)nn2C)c(F)c(Cl)c1OC. The Balaban J connectivity index is 2.70. The fourth-order valence-corrected chi connectivity index (χ4v) is 2.21. The summed E-state index contributed by atoms with van der Waals surface area (Å²) in [6.07, 6.45) is 0. The van der Waals surface area contributed by atoms with Gasteiger partial charge in [-0.15, -0.1) is 0 Å². The second-order valence-corrected chi connectivity index (χ2v) is 4.51. The number of rotatable bonds is 4. The van der Waals surface area contributed by atoms with Gasteiger partial charge in [0.15, 0.2) is 23.0 Å². The zero-order valence-corrected chi connectivity index (χ0v) is 12.2. The molecule has 0 amide bonds. The van der Waals surface area contributed by atoms with Crippen LogP contribution in [0.1, 0.15) is 10.5 Å². The summed E-state index contributed by atoms with van der Waals surface area (Å²) in [5.74, 6) is -1.64. The first-order valence-electron chi connectivity index (χ1n) is 5.78. The number of ether oxygens (including phenoxy) is 2. The molecule has 2 rings (SSSR count). The van der Waals surface area contributed by atoms with Gasteiger partial charge in [-0.3, -0.25) is 4.68 Å². The van der Waals surface area contributed by atoms with E-state index in [0.29, 0.717) is 0 Å². The van der Waals surface area contributed by atoms with Crippen LogP contribution >= 0.6 is 11.6 Å². The highest BCUT2D eigenvalue weighted by Crippen LogP contribution is 2.42. The predicted octanol–water partition coefficient (Wildman–Crippen LogP) is 2.60. The minimum Gasteiger partial charge on any atom is -0.493 e. The lowest BCUT2D eigenvalue weighted by Gasteiger charge is -2.13. The molecule has 0 saturated carbocycles. The van der Waals surface area contributed by atoms with E-state index in [1.165, 1.54) is 38.1 Å². The highest BCUT2D eigenvalue weighted by molar-refractivity contribution is 6.32. The van der Waals surface area contributed by atoms with Crippen molar-refractivity contribution in [3.63, 3.8) is 0 Å². The third kappa shape index (κ3) is 2.52. The molecule has 0 unspecified atom stereocenters. The van der Waals surface area contributed by atoms with Gasteiger partial charge in [0.05, 0.1) is 19.9 Å². The van der Waals surface area contributed by atoms with Crippen LogP contribution in [0.5, 0.6) is 11.5 Å². The van der Waals surface area contributed by atoms with Gasteiger partial charge in [-0.2, -0.15) is 5.10 Å². The van der Waals surface area contributed by atoms with Crippen LogP contribution in [0.4, 0.5) is 4.39 Å². The molecule has 21 heavy (non-hydrogen) atoms. The van der Waals surface area contributed by atoms with Crippen LogP contribution < -0.4 is 9.47 Å². The van der Waals surface area contributed by atoms with Gasteiger partial charge in [0.2, 0.25) is 0 Å². The van der Waals surface area contributed by atoms with Crippen molar-refractivity contribution < 1.29 is 23.8 Å². The number of hydrogen-bond acceptors (Lipinski definition) is 4. The molecule has 0 aliphatic carbocycles. The van der Waals surface area contributed by atoms with Gasteiger partial charge < -0.3 is 14.6 Å². The standard InChI is InChI=1S/C13H12ClFN2O4/c1-17-8(5-7(16-17)13(18)19)6-4-9(20-2)12(21-3)10(14)11(6)15/h4-5H,1-3H3,(H,18,19). The maximum atomic E-state index is 14.4. The highest BCUT2D eigenvalue weighted by Gasteiger charge is 2.22. The molecule has 0 bridgehead atoms. The molecule has 8 heteroatoms. The second kappa shape index (κ2) is 5.61. The number of carboxylic acid groups (broad SMARTS) is 1. The van der Waals surface area contributed by atoms with Crippen LogP contribution in [0.15, 0.2) is 12.1 Å². The Labute approximate surface area is 124 Å². The molecule has 1 aromatic carbocycles. The van der Waals surface area contributed by atoms with Gasteiger partial charge in [0.25, 0.3) is 0 Å². The first kappa shape index (κ1) is 15.1. The Morgan fingerprint density at radius 3 is 2.52 bits per heavy atom. The van der Waals surface area contributed by atoms with Gasteiger partial charge >= 0.3 is 5.97 Å². The third-order valence-corrected chi connectivity index (χ3v) is 3.26. The van der Waals surface area contributed by atoms with Crippen molar-refractivity contribution in [3.8, 4) is 22.8 Å². The van der Waals surface area contributed by atoms with Crippen molar-refractivity contribution in [2.75, 3.05) is 14.2 Å². The number of methoxy groups -OCH3 is 2. The molecular weight excluding hydrogens is 303 g/mol. The average molecular weight is 315 g/mol. The first-order chi connectivity index (χ1) is 9.90. The van der Waals surface area contributed by atoms with Crippen molar-refractivity contribution in [1.82, 2.24) is 9.78 Å². The van der Waals surface area contributed by atoms with E-state index in [-0.39, 0.29) is 33.5 Å². The van der Waals surface area contributed by atoms with Crippen LogP contribution in [0.3, 0.4) is 0 Å². The number of carboxylic acids is 1. The number of halogens is 2. The summed E-state index contributed by atoms with van der Waals surface area (Å²) in [4.78, 5) is 10.9. The molecule has 112 valence electrons. The number of carbonyl (C=O) groups is 1. The maximum Gasteiger partial charge on any atom is 0.356 e. The molecule has 1 aromatic heterocycles. The van der Waals surface area contributed by atoms with Gasteiger partial charge in [0, 0.05) is 12.6 Å². The molecule has 2 aromatic rings. The zero-order chi connectivity index (χ0) is 15.7. The largest absolute Gasteiger partial charge is 0.493 e. The lowest BCUT2D eigenvalue weighted by atomic mass is 10.1. The average Bonchev–Trinajstić information content (AvgIpc) is 2.83. The molecular formula is C13H12ClFN2O4. The molecule has 0 radical (unpaired) electrons. The van der Waals surface area contributed by atoms with Crippen molar-refractivity contribution in [2.24, 2.45) is 7.05 Å². The molecule has 6 nitrogen and oxygen atoms in total. The van der Waals surface area contributed by atoms with Crippen LogP contribution in [-0.4, -0.2) is 35.1 Å². The van der Waals surface area contributed by atoms with E-state index >= 15 is 0 Å². The molecule has 1 N–H and O–H groups in total. The second-order valence-electron chi connectivity index (χ2n) is 4.13. The zero-order valence-electron chi connectivity index (χ0n) is 11.5. The minimum absolute atomic E-state index is 0.0696. The summed E-state index contributed by atoms with van der Waals surface area (Å²) in [6, 6.07) is 2.63. The van der Waals surface area contributed by atoms with Crippen molar-refractivity contribution in [2.45, 2.75) is 0 Å². The van der Waals surface area contributed by atoms with E-state index in [2.05, 4.69) is 5.10 Å². The molecule has 0 aliphatic rings. The van der Waals surface area contributed by atoms with E-state index in [1.807, 2.05) is 0 Å². The number of aromatic nitrogens is 2. The molecule has 0 atom stereocenters. The van der Waals surface area contributed by atoms with E-state index in [0.717, 1.165) is 0 Å². The summed E-state index contributed by atoms with van der Waals surface area (Å²) < 4.78 is 25.7. The summed E-state index contributed by atoms with van der Waals surface area (Å²) in [6.45, 7) is 0. The number of hydrogen-bond donors (Lipinski definition) is 1. The molecule has 0 fully saturated rings. The molecule has 0 spiro atoms. The Hall–Kier alpha value is -2.28. The minimum atomic E-state index is -1.20. The van der Waals surface area contributed by atoms with Crippen molar-refractivity contribution >= 4 is 17.6 Å². The third-order valence-electron chi connectivity index (χ3n) is 2.93. The highest BCUT2D eigenvalue weighted by atomic mass is 35.5. The summed E-state index contributed by atoms with van der Waals surface area (Å²) >= 11 is 5.93. The monoisotopic (exact) mass is 314 g/mol. The normalized spacial score (nSPS) is 10.5. The summed E-state index contributed by atoms with van der Waals surface area (Å²) in [5, 5.41) is 12.5. The van der Waals surface area contributed by atoms with Gasteiger partial charge in [-0.05, 0) is 12.1 Å². The molecule has 0 saturated heterocycles. The maximum absolute atomic E-state index is 14.4. The number of benzene rings is 1. The van der Waals surface area contributed by atoms with E-state index in [4.69, 9.17) is 26.2 Å². The number of aromatic carboxylic acids is 1. The van der Waals surface area contributed by atoms with Gasteiger partial charge in [0.1, 0.15) is 5.02 Å². The number of nitrogens with zero attached hydrogens (tertiary/aromatic N) is 2. The van der Waals surface area contributed by atoms with E-state index < -0.39 is 11.8 Å². The van der Waals surface area contributed by atoms with Crippen LogP contribution in [0.2, 0.25) is 5.02 Å². The smallest absolute Gasteiger partial charge is 0.356 e. The van der Waals surface area contributed by atoms with Crippen molar-refractivity contribution in [1.29, 1.82) is 0 Å². The number of aryl methyl sites for hydroxylation is 1. The van der Waals surface area contributed by atoms with Crippen LogP contribution in [-0.2, 0) is 7.05 Å². The summed E-state index contributed by atoms with van der Waals surface area (Å²) in [7, 11) is 4.24.